The van der Waals surface area contributed by atoms with Gasteiger partial charge in [-0.05, 0) is 44.5 Å². The Hall–Kier alpha value is -3.31. The molecule has 0 unspecified atom stereocenters. The molecule has 0 aliphatic heterocycles. The first-order valence-electron chi connectivity index (χ1n) is 10.2. The van der Waals surface area contributed by atoms with E-state index < -0.39 is 0 Å². The molecule has 0 saturated carbocycles. The maximum absolute atomic E-state index is 12.5. The minimum Gasteiger partial charge on any atom is -0.325 e. The summed E-state index contributed by atoms with van der Waals surface area (Å²) in [5.74, 6) is 0.231. The van der Waals surface area contributed by atoms with Gasteiger partial charge in [-0.25, -0.2) is 4.98 Å². The predicted octanol–water partition coefficient (Wildman–Crippen LogP) is 6.20. The summed E-state index contributed by atoms with van der Waals surface area (Å²) in [6.45, 7) is 6.20. The lowest BCUT2D eigenvalue weighted by Crippen LogP contribution is -2.14. The number of amides is 1. The standard InChI is InChI=1S/C26H25N3OS/c1-18-8-12-21(13-9-18)24-16-27-26(29(24)23-7-5-4-6-20(23)3)31-17-25(30)28-22-14-10-19(2)11-15-22/h4-16H,17H2,1-3H3,(H,28,30). The number of rotatable bonds is 6. The van der Waals surface area contributed by atoms with Gasteiger partial charge in [0.05, 0.1) is 23.3 Å². The van der Waals surface area contributed by atoms with Gasteiger partial charge in [0.2, 0.25) is 5.91 Å². The fourth-order valence-corrected chi connectivity index (χ4v) is 4.16. The molecule has 0 bridgehead atoms. The lowest BCUT2D eigenvalue weighted by molar-refractivity contribution is -0.113. The molecule has 156 valence electrons. The average Bonchev–Trinajstić information content (AvgIpc) is 3.18. The summed E-state index contributed by atoms with van der Waals surface area (Å²) in [6, 6.07) is 24.5. The number of hydrogen-bond donors (Lipinski definition) is 1. The zero-order valence-corrected chi connectivity index (χ0v) is 18.7. The Bertz CT molecular complexity index is 1190. The molecule has 0 saturated heterocycles. The van der Waals surface area contributed by atoms with Crippen LogP contribution >= 0.6 is 11.8 Å². The van der Waals surface area contributed by atoms with E-state index >= 15 is 0 Å². The molecule has 1 N–H and O–H groups in total. The van der Waals surface area contributed by atoms with E-state index in [4.69, 9.17) is 0 Å². The molecule has 4 rings (SSSR count). The van der Waals surface area contributed by atoms with Crippen LogP contribution in [0, 0.1) is 20.8 Å². The van der Waals surface area contributed by atoms with Crippen molar-refractivity contribution in [3.8, 4) is 16.9 Å². The van der Waals surface area contributed by atoms with Crippen molar-refractivity contribution in [2.24, 2.45) is 0 Å². The van der Waals surface area contributed by atoms with Crippen molar-refractivity contribution in [3.63, 3.8) is 0 Å². The number of hydrogen-bond acceptors (Lipinski definition) is 3. The normalized spacial score (nSPS) is 10.8. The molecule has 0 atom stereocenters. The van der Waals surface area contributed by atoms with Crippen LogP contribution in [0.3, 0.4) is 0 Å². The molecule has 3 aromatic carbocycles. The second-order valence-electron chi connectivity index (χ2n) is 7.62. The van der Waals surface area contributed by atoms with Crippen LogP contribution in [-0.2, 0) is 4.79 Å². The molecule has 31 heavy (non-hydrogen) atoms. The van der Waals surface area contributed by atoms with E-state index in [2.05, 4.69) is 65.1 Å². The van der Waals surface area contributed by atoms with E-state index in [1.165, 1.54) is 17.3 Å². The molecule has 0 fully saturated rings. The van der Waals surface area contributed by atoms with Crippen LogP contribution in [0.5, 0.6) is 0 Å². The summed E-state index contributed by atoms with van der Waals surface area (Å²) in [6.07, 6.45) is 1.89. The van der Waals surface area contributed by atoms with Crippen LogP contribution in [0.1, 0.15) is 16.7 Å². The van der Waals surface area contributed by atoms with Gasteiger partial charge < -0.3 is 5.32 Å². The van der Waals surface area contributed by atoms with Crippen molar-refractivity contribution in [2.75, 3.05) is 11.1 Å². The number of nitrogens with one attached hydrogen (secondary N) is 1. The number of anilines is 1. The second kappa shape index (κ2) is 9.23. The number of aromatic nitrogens is 2. The summed E-state index contributed by atoms with van der Waals surface area (Å²) >= 11 is 1.44. The van der Waals surface area contributed by atoms with Gasteiger partial charge in [0, 0.05) is 11.3 Å². The van der Waals surface area contributed by atoms with Crippen LogP contribution < -0.4 is 5.32 Å². The highest BCUT2D eigenvalue weighted by Crippen LogP contribution is 2.31. The Labute approximate surface area is 187 Å². The van der Waals surface area contributed by atoms with E-state index in [0.717, 1.165) is 38.9 Å². The largest absolute Gasteiger partial charge is 0.325 e. The molecule has 0 aliphatic carbocycles. The molecule has 1 amide bonds. The maximum atomic E-state index is 12.5. The first-order chi connectivity index (χ1) is 15.0. The first-order valence-corrected chi connectivity index (χ1v) is 11.2. The summed E-state index contributed by atoms with van der Waals surface area (Å²) in [5, 5.41) is 3.75. The summed E-state index contributed by atoms with van der Waals surface area (Å²) in [4.78, 5) is 17.2. The fourth-order valence-electron chi connectivity index (χ4n) is 3.38. The number of carbonyl (C=O) groups excluding carboxylic acids is 1. The average molecular weight is 428 g/mol. The van der Waals surface area contributed by atoms with Crippen LogP contribution in [-0.4, -0.2) is 21.2 Å². The summed E-state index contributed by atoms with van der Waals surface area (Å²) in [7, 11) is 0. The van der Waals surface area contributed by atoms with Crippen molar-refractivity contribution in [2.45, 2.75) is 25.9 Å². The van der Waals surface area contributed by atoms with Crippen LogP contribution in [0.2, 0.25) is 0 Å². The molecule has 4 nitrogen and oxygen atoms in total. The third-order valence-electron chi connectivity index (χ3n) is 5.10. The SMILES string of the molecule is Cc1ccc(NC(=O)CSc2ncc(-c3ccc(C)cc3)n2-c2ccccc2C)cc1. The van der Waals surface area contributed by atoms with Crippen LogP contribution in [0.15, 0.2) is 84.1 Å². The molecule has 5 heteroatoms. The second-order valence-corrected chi connectivity index (χ2v) is 8.56. The minimum absolute atomic E-state index is 0.0509. The minimum atomic E-state index is -0.0509. The van der Waals surface area contributed by atoms with E-state index in [1.54, 1.807) is 0 Å². The topological polar surface area (TPSA) is 46.9 Å². The number of aryl methyl sites for hydroxylation is 3. The molecule has 1 aromatic heterocycles. The predicted molar refractivity (Wildman–Crippen MR) is 129 cm³/mol. The Morgan fingerprint density at radius 2 is 1.55 bits per heavy atom. The molecule has 1 heterocycles. The van der Waals surface area contributed by atoms with Gasteiger partial charge in [0.25, 0.3) is 0 Å². The van der Waals surface area contributed by atoms with E-state index in [9.17, 15) is 4.79 Å². The Morgan fingerprint density at radius 1 is 0.903 bits per heavy atom. The van der Waals surface area contributed by atoms with Crippen LogP contribution in [0.25, 0.3) is 16.9 Å². The number of imidazole rings is 1. The molecular weight excluding hydrogens is 402 g/mol. The van der Waals surface area contributed by atoms with Gasteiger partial charge in [0.15, 0.2) is 5.16 Å². The van der Waals surface area contributed by atoms with Crippen molar-refractivity contribution < 1.29 is 4.79 Å². The van der Waals surface area contributed by atoms with Crippen molar-refractivity contribution in [3.05, 3.63) is 95.7 Å². The number of para-hydroxylation sites is 1. The number of carbonyl (C=O) groups is 1. The fraction of sp³-hybridized carbons (Fsp3) is 0.154. The molecule has 4 aromatic rings. The quantitative estimate of drug-likeness (QED) is 0.373. The molecule has 0 spiro atoms. The first kappa shape index (κ1) is 20.9. The monoisotopic (exact) mass is 427 g/mol. The third kappa shape index (κ3) is 4.89. The molecule has 0 aliphatic rings. The highest BCUT2D eigenvalue weighted by Gasteiger charge is 2.16. The highest BCUT2D eigenvalue weighted by atomic mass is 32.2. The highest BCUT2D eigenvalue weighted by molar-refractivity contribution is 7.99. The van der Waals surface area contributed by atoms with Crippen molar-refractivity contribution in [1.29, 1.82) is 0 Å². The Balaban J connectivity index is 1.61. The van der Waals surface area contributed by atoms with E-state index in [0.29, 0.717) is 0 Å². The molecular formula is C26H25N3OS. The maximum Gasteiger partial charge on any atom is 0.234 e. The van der Waals surface area contributed by atoms with E-state index in [1.807, 2.05) is 49.5 Å². The zero-order valence-electron chi connectivity index (χ0n) is 17.9. The van der Waals surface area contributed by atoms with Gasteiger partial charge in [-0.2, -0.15) is 0 Å². The van der Waals surface area contributed by atoms with Crippen LogP contribution in [0.4, 0.5) is 5.69 Å². The van der Waals surface area contributed by atoms with E-state index in [-0.39, 0.29) is 11.7 Å². The van der Waals surface area contributed by atoms with Gasteiger partial charge in [-0.15, -0.1) is 0 Å². The van der Waals surface area contributed by atoms with Gasteiger partial charge in [-0.3, -0.25) is 9.36 Å². The summed E-state index contributed by atoms with van der Waals surface area (Å²) < 4.78 is 2.14. The van der Waals surface area contributed by atoms with Crippen molar-refractivity contribution in [1.82, 2.24) is 9.55 Å². The molecule has 0 radical (unpaired) electrons. The Morgan fingerprint density at radius 3 is 2.23 bits per heavy atom. The van der Waals surface area contributed by atoms with Gasteiger partial charge in [0.1, 0.15) is 0 Å². The summed E-state index contributed by atoms with van der Waals surface area (Å²) in [5.41, 5.74) is 7.51. The number of nitrogens with zero attached hydrogens (tertiary/aromatic N) is 2. The third-order valence-corrected chi connectivity index (χ3v) is 6.05. The zero-order chi connectivity index (χ0) is 21.8. The number of thioether (sulfide) groups is 1. The van der Waals surface area contributed by atoms with Gasteiger partial charge in [-0.1, -0.05) is 77.5 Å². The van der Waals surface area contributed by atoms with Crippen molar-refractivity contribution >= 4 is 23.4 Å². The lowest BCUT2D eigenvalue weighted by atomic mass is 10.1. The number of benzene rings is 3. The smallest absolute Gasteiger partial charge is 0.234 e. The van der Waals surface area contributed by atoms with Gasteiger partial charge >= 0.3 is 0 Å². The lowest BCUT2D eigenvalue weighted by Gasteiger charge is -2.14. The Kier molecular flexibility index (Phi) is 6.23.